The Bertz CT molecular complexity index is 1150. The first-order chi connectivity index (χ1) is 14.3. The number of carbonyl (C=O) groups excluding carboxylic acids is 1. The average molecular weight is 429 g/mol. The third kappa shape index (κ3) is 4.07. The number of phenolic OH excluding ortho intramolecular Hbond substituents is 1. The highest BCUT2D eigenvalue weighted by Crippen LogP contribution is 2.30. The van der Waals surface area contributed by atoms with Gasteiger partial charge in [-0.05, 0) is 25.1 Å². The van der Waals surface area contributed by atoms with Crippen LogP contribution in [-0.2, 0) is 10.0 Å². The molecule has 9 heteroatoms. The summed E-state index contributed by atoms with van der Waals surface area (Å²) < 4.78 is 32.0. The Kier molecular flexibility index (Phi) is 6.23. The van der Waals surface area contributed by atoms with Gasteiger partial charge in [-0.2, -0.15) is 4.31 Å². The van der Waals surface area contributed by atoms with Crippen LogP contribution in [0.3, 0.4) is 0 Å². The fourth-order valence-corrected chi connectivity index (χ4v) is 4.59. The molecule has 0 radical (unpaired) electrons. The van der Waals surface area contributed by atoms with Crippen molar-refractivity contribution in [3.05, 3.63) is 59.9 Å². The van der Waals surface area contributed by atoms with Gasteiger partial charge < -0.3 is 14.9 Å². The topological polar surface area (TPSA) is 113 Å². The van der Waals surface area contributed by atoms with Crippen molar-refractivity contribution in [2.45, 2.75) is 25.7 Å². The number of aryl methyl sites for hydroxylation is 1. The third-order valence-electron chi connectivity index (χ3n) is 4.70. The van der Waals surface area contributed by atoms with Crippen LogP contribution >= 0.6 is 0 Å². The number of nitrogens with zero attached hydrogens (tertiary/aromatic N) is 2. The average Bonchev–Trinajstić information content (AvgIpc) is 3.12. The molecule has 0 atom stereocenters. The second-order valence-corrected chi connectivity index (χ2v) is 8.49. The van der Waals surface area contributed by atoms with Gasteiger partial charge in [0.05, 0.1) is 10.6 Å². The van der Waals surface area contributed by atoms with Crippen LogP contribution in [0.2, 0.25) is 0 Å². The zero-order valence-corrected chi connectivity index (χ0v) is 17.7. The van der Waals surface area contributed by atoms with Crippen molar-refractivity contribution < 1.29 is 22.8 Å². The summed E-state index contributed by atoms with van der Waals surface area (Å²) in [6, 6.07) is 12.8. The number of hydrogen-bond donors (Lipinski definition) is 2. The Morgan fingerprint density at radius 3 is 2.43 bits per heavy atom. The van der Waals surface area contributed by atoms with Crippen LogP contribution in [0, 0.1) is 6.92 Å². The third-order valence-corrected chi connectivity index (χ3v) is 6.74. The van der Waals surface area contributed by atoms with Crippen LogP contribution in [0.5, 0.6) is 5.75 Å². The maximum absolute atomic E-state index is 13.0. The lowest BCUT2D eigenvalue weighted by Crippen LogP contribution is -2.30. The fourth-order valence-electron chi connectivity index (χ4n) is 3.11. The maximum atomic E-state index is 13.0. The normalized spacial score (nSPS) is 11.6. The van der Waals surface area contributed by atoms with E-state index in [4.69, 9.17) is 4.52 Å². The summed E-state index contributed by atoms with van der Waals surface area (Å²) in [5.41, 5.74) is 1.24. The highest BCUT2D eigenvalue weighted by atomic mass is 32.2. The van der Waals surface area contributed by atoms with E-state index in [1.54, 1.807) is 32.9 Å². The highest BCUT2D eigenvalue weighted by Gasteiger charge is 2.25. The molecular weight excluding hydrogens is 406 g/mol. The standard InChI is InChI=1S/C21H23N3O5S/c1-4-24(5-2)30(27,28)16-11-12-18(25)17(13-16)22-21(26)19-14(3)29-23-20(19)15-9-7-6-8-10-15/h6-13,25H,4-5H2,1-3H3,(H,22,26). The number of aromatic hydroxyl groups is 1. The molecule has 3 aromatic rings. The lowest BCUT2D eigenvalue weighted by Gasteiger charge is -2.19. The van der Waals surface area contributed by atoms with Gasteiger partial charge in [-0.25, -0.2) is 8.42 Å². The first kappa shape index (κ1) is 21.5. The molecule has 8 nitrogen and oxygen atoms in total. The van der Waals surface area contributed by atoms with E-state index >= 15 is 0 Å². The minimum atomic E-state index is -3.75. The van der Waals surface area contributed by atoms with E-state index in [1.807, 2.05) is 18.2 Å². The maximum Gasteiger partial charge on any atom is 0.261 e. The quantitative estimate of drug-likeness (QED) is 0.555. The molecule has 0 aliphatic heterocycles. The van der Waals surface area contributed by atoms with Crippen LogP contribution in [0.4, 0.5) is 5.69 Å². The molecule has 0 bridgehead atoms. The van der Waals surface area contributed by atoms with Crippen LogP contribution in [0.25, 0.3) is 11.3 Å². The summed E-state index contributed by atoms with van der Waals surface area (Å²) in [6.07, 6.45) is 0. The Morgan fingerprint density at radius 2 is 1.80 bits per heavy atom. The summed E-state index contributed by atoms with van der Waals surface area (Å²) in [4.78, 5) is 12.9. The number of benzene rings is 2. The Balaban J connectivity index is 1.97. The molecule has 2 N–H and O–H groups in total. The summed E-state index contributed by atoms with van der Waals surface area (Å²) in [7, 11) is -3.75. The van der Waals surface area contributed by atoms with Crippen molar-refractivity contribution in [1.82, 2.24) is 9.46 Å². The van der Waals surface area contributed by atoms with Crippen molar-refractivity contribution in [3.8, 4) is 17.0 Å². The summed E-state index contributed by atoms with van der Waals surface area (Å²) in [5, 5.41) is 16.7. The Labute approximate surface area is 175 Å². The molecule has 30 heavy (non-hydrogen) atoms. The largest absolute Gasteiger partial charge is 0.506 e. The van der Waals surface area contributed by atoms with Gasteiger partial charge >= 0.3 is 0 Å². The summed E-state index contributed by atoms with van der Waals surface area (Å²) in [6.45, 7) is 5.70. The zero-order chi connectivity index (χ0) is 21.9. The molecule has 2 aromatic carbocycles. The number of rotatable bonds is 7. The molecule has 158 valence electrons. The predicted octanol–water partition coefficient (Wildman–Crippen LogP) is 3.64. The molecular formula is C21H23N3O5S. The summed E-state index contributed by atoms with van der Waals surface area (Å²) in [5.74, 6) is -0.518. The lowest BCUT2D eigenvalue weighted by molar-refractivity contribution is 0.102. The van der Waals surface area contributed by atoms with E-state index in [0.717, 1.165) is 0 Å². The zero-order valence-electron chi connectivity index (χ0n) is 16.9. The number of aromatic nitrogens is 1. The smallest absolute Gasteiger partial charge is 0.261 e. The van der Waals surface area contributed by atoms with Gasteiger partial charge in [0.1, 0.15) is 22.8 Å². The van der Waals surface area contributed by atoms with E-state index in [-0.39, 0.29) is 21.9 Å². The molecule has 0 spiro atoms. The van der Waals surface area contributed by atoms with Crippen molar-refractivity contribution in [1.29, 1.82) is 0 Å². The number of phenols is 1. The van der Waals surface area contributed by atoms with Crippen molar-refractivity contribution in [3.63, 3.8) is 0 Å². The SMILES string of the molecule is CCN(CC)S(=O)(=O)c1ccc(O)c(NC(=O)c2c(-c3ccccc3)noc2C)c1. The van der Waals surface area contributed by atoms with Gasteiger partial charge in [0.2, 0.25) is 10.0 Å². The molecule has 1 heterocycles. The number of carbonyl (C=O) groups is 1. The van der Waals surface area contributed by atoms with Crippen LogP contribution in [-0.4, -0.2) is 42.0 Å². The second-order valence-electron chi connectivity index (χ2n) is 6.55. The van der Waals surface area contributed by atoms with E-state index in [2.05, 4.69) is 10.5 Å². The highest BCUT2D eigenvalue weighted by molar-refractivity contribution is 7.89. The van der Waals surface area contributed by atoms with Gasteiger partial charge in [-0.1, -0.05) is 49.3 Å². The van der Waals surface area contributed by atoms with Crippen LogP contribution < -0.4 is 5.32 Å². The number of amides is 1. The number of sulfonamides is 1. The van der Waals surface area contributed by atoms with E-state index in [9.17, 15) is 18.3 Å². The fraction of sp³-hybridized carbons (Fsp3) is 0.238. The number of hydrogen-bond acceptors (Lipinski definition) is 6. The molecule has 0 saturated heterocycles. The molecule has 0 aliphatic carbocycles. The van der Waals surface area contributed by atoms with E-state index in [1.165, 1.54) is 22.5 Å². The minimum absolute atomic E-state index is 0.0205. The van der Waals surface area contributed by atoms with Gasteiger partial charge in [-0.15, -0.1) is 0 Å². The minimum Gasteiger partial charge on any atom is -0.506 e. The van der Waals surface area contributed by atoms with E-state index in [0.29, 0.717) is 30.1 Å². The van der Waals surface area contributed by atoms with Gasteiger partial charge in [0, 0.05) is 18.7 Å². The molecule has 1 amide bonds. The van der Waals surface area contributed by atoms with Gasteiger partial charge in [0.15, 0.2) is 0 Å². The molecule has 3 rings (SSSR count). The first-order valence-electron chi connectivity index (χ1n) is 9.45. The van der Waals surface area contributed by atoms with Crippen LogP contribution in [0.15, 0.2) is 57.9 Å². The Morgan fingerprint density at radius 1 is 1.13 bits per heavy atom. The number of nitrogens with one attached hydrogen (secondary N) is 1. The molecule has 0 fully saturated rings. The predicted molar refractivity (Wildman–Crippen MR) is 113 cm³/mol. The van der Waals surface area contributed by atoms with Crippen LogP contribution in [0.1, 0.15) is 30.0 Å². The van der Waals surface area contributed by atoms with Crippen molar-refractivity contribution in [2.75, 3.05) is 18.4 Å². The molecule has 1 aromatic heterocycles. The molecule has 0 aliphatic rings. The first-order valence-corrected chi connectivity index (χ1v) is 10.9. The van der Waals surface area contributed by atoms with Gasteiger partial charge in [0.25, 0.3) is 5.91 Å². The lowest BCUT2D eigenvalue weighted by atomic mass is 10.1. The molecule has 0 unspecified atom stereocenters. The van der Waals surface area contributed by atoms with Crippen molar-refractivity contribution >= 4 is 21.6 Å². The van der Waals surface area contributed by atoms with Crippen molar-refractivity contribution in [2.24, 2.45) is 0 Å². The second kappa shape index (κ2) is 8.68. The monoisotopic (exact) mass is 429 g/mol. The number of anilines is 1. The van der Waals surface area contributed by atoms with Gasteiger partial charge in [-0.3, -0.25) is 4.79 Å². The Hall–Kier alpha value is -3.17. The summed E-state index contributed by atoms with van der Waals surface area (Å²) >= 11 is 0. The molecule has 0 saturated carbocycles. The van der Waals surface area contributed by atoms with E-state index < -0.39 is 15.9 Å².